The highest BCUT2D eigenvalue weighted by atomic mass is 19.4. The van der Waals surface area contributed by atoms with E-state index in [1.54, 1.807) is 13.8 Å². The Hall–Kier alpha value is -1.88. The number of nitrogens with two attached hydrogens (primary N) is 1. The van der Waals surface area contributed by atoms with E-state index in [1.165, 1.54) is 0 Å². The van der Waals surface area contributed by atoms with E-state index in [1.807, 2.05) is 0 Å². The second-order valence-electron chi connectivity index (χ2n) is 4.17. The van der Waals surface area contributed by atoms with Gasteiger partial charge in [-0.25, -0.2) is 5.84 Å². The van der Waals surface area contributed by atoms with Crippen molar-refractivity contribution in [3.63, 3.8) is 0 Å². The highest BCUT2D eigenvalue weighted by Gasteiger charge is 2.27. The summed E-state index contributed by atoms with van der Waals surface area (Å²) in [5.74, 6) is 5.39. The van der Waals surface area contributed by atoms with Gasteiger partial charge in [-0.15, -0.1) is 0 Å². The smallest absolute Gasteiger partial charge is 0.411 e. The number of hydrogen-bond acceptors (Lipinski definition) is 8. The molecule has 0 amide bonds. The van der Waals surface area contributed by atoms with E-state index in [0.29, 0.717) is 0 Å². The Balaban J connectivity index is 2.50. The van der Waals surface area contributed by atoms with Crippen LogP contribution < -0.4 is 21.3 Å². The lowest BCUT2D eigenvalue weighted by Gasteiger charge is -2.11. The third-order valence-corrected chi connectivity index (χ3v) is 1.88. The summed E-state index contributed by atoms with van der Waals surface area (Å²) in [6.07, 6.45) is -4.50. The van der Waals surface area contributed by atoms with E-state index in [-0.39, 0.29) is 37.2 Å². The topological polar surface area (TPSA) is 107 Å². The molecule has 11 heteroatoms. The van der Waals surface area contributed by atoms with Crippen molar-refractivity contribution in [2.75, 3.05) is 30.5 Å². The fourth-order valence-corrected chi connectivity index (χ4v) is 1.19. The van der Waals surface area contributed by atoms with E-state index in [9.17, 15) is 13.2 Å². The number of hydrogen-bond donors (Lipinski definition) is 3. The molecule has 21 heavy (non-hydrogen) atoms. The molecule has 0 fully saturated rings. The van der Waals surface area contributed by atoms with Crippen molar-refractivity contribution in [1.29, 1.82) is 0 Å². The molecule has 0 radical (unpaired) electrons. The highest BCUT2D eigenvalue weighted by molar-refractivity contribution is 5.34. The average molecular weight is 310 g/mol. The van der Waals surface area contributed by atoms with Crippen LogP contribution in [0.4, 0.5) is 25.1 Å². The van der Waals surface area contributed by atoms with Gasteiger partial charge in [-0.2, -0.15) is 28.1 Å². The SMILES string of the molecule is CC(C)Oc1nc(NN)nc(NCCOCC(F)(F)F)n1. The molecule has 4 N–H and O–H groups in total. The standard InChI is InChI=1S/C10H17F3N6O2/c1-6(2)21-9-17-7(16-8(18-9)19-14)15-3-4-20-5-10(11,12)13/h6H,3-5,14H2,1-2H3,(H2,15,16,17,18,19). The summed E-state index contributed by atoms with van der Waals surface area (Å²) < 4.78 is 45.3. The van der Waals surface area contributed by atoms with Gasteiger partial charge < -0.3 is 14.8 Å². The summed E-state index contributed by atoms with van der Waals surface area (Å²) in [5.41, 5.74) is 2.24. The van der Waals surface area contributed by atoms with Gasteiger partial charge in [0.15, 0.2) is 0 Å². The van der Waals surface area contributed by atoms with E-state index in [0.717, 1.165) is 0 Å². The lowest BCUT2D eigenvalue weighted by molar-refractivity contribution is -0.172. The Kier molecular flexibility index (Phi) is 6.37. The number of aromatic nitrogens is 3. The number of alkyl halides is 3. The summed E-state index contributed by atoms with van der Waals surface area (Å²) in [7, 11) is 0. The predicted octanol–water partition coefficient (Wildman–Crippen LogP) is 0.935. The average Bonchev–Trinajstić information content (AvgIpc) is 2.35. The van der Waals surface area contributed by atoms with E-state index >= 15 is 0 Å². The van der Waals surface area contributed by atoms with E-state index < -0.39 is 12.8 Å². The van der Waals surface area contributed by atoms with Crippen LogP contribution >= 0.6 is 0 Å². The van der Waals surface area contributed by atoms with Crippen LogP contribution in [0, 0.1) is 0 Å². The molecule has 8 nitrogen and oxygen atoms in total. The van der Waals surface area contributed by atoms with Gasteiger partial charge in [0, 0.05) is 6.54 Å². The lowest BCUT2D eigenvalue weighted by atomic mass is 10.5. The number of hydrazine groups is 1. The monoisotopic (exact) mass is 310 g/mol. The summed E-state index contributed by atoms with van der Waals surface area (Å²) in [5, 5.41) is 2.69. The van der Waals surface area contributed by atoms with Crippen molar-refractivity contribution >= 4 is 11.9 Å². The fourth-order valence-electron chi connectivity index (χ4n) is 1.19. The number of nitrogen functional groups attached to an aromatic ring is 1. The minimum Gasteiger partial charge on any atom is -0.461 e. The number of rotatable bonds is 8. The molecule has 0 spiro atoms. The van der Waals surface area contributed by atoms with Gasteiger partial charge >= 0.3 is 12.2 Å². The normalized spacial score (nSPS) is 11.6. The number of ether oxygens (including phenoxy) is 2. The maximum Gasteiger partial charge on any atom is 0.411 e. The highest BCUT2D eigenvalue weighted by Crippen LogP contribution is 2.14. The minimum absolute atomic E-state index is 0.0478. The van der Waals surface area contributed by atoms with Crippen molar-refractivity contribution in [3.05, 3.63) is 0 Å². The van der Waals surface area contributed by atoms with Gasteiger partial charge in [0.05, 0.1) is 12.7 Å². The van der Waals surface area contributed by atoms with Gasteiger partial charge in [0.1, 0.15) is 6.61 Å². The Labute approximate surface area is 119 Å². The van der Waals surface area contributed by atoms with Crippen LogP contribution in [-0.2, 0) is 4.74 Å². The van der Waals surface area contributed by atoms with Gasteiger partial charge in [-0.05, 0) is 13.8 Å². The van der Waals surface area contributed by atoms with Crippen molar-refractivity contribution in [2.45, 2.75) is 26.1 Å². The summed E-state index contributed by atoms with van der Waals surface area (Å²) in [6.45, 7) is 2.21. The fraction of sp³-hybridized carbons (Fsp3) is 0.700. The molecule has 1 aromatic heterocycles. The third-order valence-electron chi connectivity index (χ3n) is 1.88. The first-order chi connectivity index (χ1) is 9.80. The number of anilines is 2. The molecule has 0 aromatic carbocycles. The largest absolute Gasteiger partial charge is 0.461 e. The van der Waals surface area contributed by atoms with E-state index in [4.69, 9.17) is 10.6 Å². The number of halogens is 3. The first-order valence-electron chi connectivity index (χ1n) is 6.08. The Morgan fingerprint density at radius 2 is 1.86 bits per heavy atom. The van der Waals surface area contributed by atoms with Crippen LogP contribution in [0.1, 0.15) is 13.8 Å². The molecule has 0 bridgehead atoms. The van der Waals surface area contributed by atoms with Crippen molar-refractivity contribution in [3.8, 4) is 6.01 Å². The molecule has 1 rings (SSSR count). The molecule has 1 aromatic rings. The molecule has 1 heterocycles. The van der Waals surface area contributed by atoms with E-state index in [2.05, 4.69) is 30.4 Å². The second kappa shape index (κ2) is 7.78. The van der Waals surface area contributed by atoms with Crippen LogP contribution in [0.3, 0.4) is 0 Å². The molecular weight excluding hydrogens is 293 g/mol. The number of nitrogens with one attached hydrogen (secondary N) is 2. The second-order valence-corrected chi connectivity index (χ2v) is 4.17. The lowest BCUT2D eigenvalue weighted by Crippen LogP contribution is -2.21. The van der Waals surface area contributed by atoms with Crippen LogP contribution in [0.25, 0.3) is 0 Å². The molecule has 0 unspecified atom stereocenters. The molecule has 120 valence electrons. The Morgan fingerprint density at radius 3 is 2.43 bits per heavy atom. The van der Waals surface area contributed by atoms with Crippen molar-refractivity contribution in [1.82, 2.24) is 15.0 Å². The Morgan fingerprint density at radius 1 is 1.19 bits per heavy atom. The van der Waals surface area contributed by atoms with Crippen LogP contribution in [0.2, 0.25) is 0 Å². The molecule has 0 saturated heterocycles. The summed E-state index contributed by atoms with van der Waals surface area (Å²) >= 11 is 0. The van der Waals surface area contributed by atoms with Crippen LogP contribution in [0.5, 0.6) is 6.01 Å². The van der Waals surface area contributed by atoms with Gasteiger partial charge in [-0.1, -0.05) is 0 Å². The zero-order chi connectivity index (χ0) is 15.9. The molecule has 0 atom stereocenters. The zero-order valence-corrected chi connectivity index (χ0v) is 11.6. The maximum atomic E-state index is 11.9. The zero-order valence-electron chi connectivity index (χ0n) is 11.6. The minimum atomic E-state index is -4.35. The predicted molar refractivity (Wildman–Crippen MR) is 68.8 cm³/mol. The quantitative estimate of drug-likeness (QED) is 0.370. The first-order valence-corrected chi connectivity index (χ1v) is 6.08. The summed E-state index contributed by atoms with van der Waals surface area (Å²) in [4.78, 5) is 11.7. The van der Waals surface area contributed by atoms with Crippen molar-refractivity contribution < 1.29 is 22.6 Å². The molecular formula is C10H17F3N6O2. The molecule has 0 aliphatic carbocycles. The van der Waals surface area contributed by atoms with Crippen LogP contribution in [0.15, 0.2) is 0 Å². The number of nitrogens with zero attached hydrogens (tertiary/aromatic N) is 3. The summed E-state index contributed by atoms with van der Waals surface area (Å²) in [6, 6.07) is 0.0478. The maximum absolute atomic E-state index is 11.9. The van der Waals surface area contributed by atoms with Crippen molar-refractivity contribution in [2.24, 2.45) is 5.84 Å². The van der Waals surface area contributed by atoms with Crippen LogP contribution in [-0.4, -0.2) is 47.0 Å². The van der Waals surface area contributed by atoms with Gasteiger partial charge in [0.25, 0.3) is 0 Å². The van der Waals surface area contributed by atoms with Gasteiger partial charge in [0.2, 0.25) is 11.9 Å². The Bertz CT molecular complexity index is 443. The molecule has 0 aliphatic heterocycles. The molecule has 0 saturated carbocycles. The molecule has 0 aliphatic rings. The first kappa shape index (κ1) is 17.2. The third kappa shape index (κ3) is 7.46. The van der Waals surface area contributed by atoms with Gasteiger partial charge in [-0.3, -0.25) is 5.43 Å².